The smallest absolute Gasteiger partial charge is 0.0475 e. The summed E-state index contributed by atoms with van der Waals surface area (Å²) in [5.41, 5.74) is 1.43. The molecule has 2 fully saturated rings. The van der Waals surface area contributed by atoms with Gasteiger partial charge in [-0.25, -0.2) is 0 Å². The number of anilines is 1. The minimum atomic E-state index is 0.686. The number of nitrogens with zero attached hydrogens (tertiary/aromatic N) is 1. The maximum Gasteiger partial charge on any atom is 0.0475 e. The maximum atomic E-state index is 3.91. The zero-order valence-electron chi connectivity index (χ0n) is 13.4. The summed E-state index contributed by atoms with van der Waals surface area (Å²) >= 11 is 1.82. The molecular formula is C18H30N2S. The Balaban J connectivity index is 1.53. The molecule has 0 spiro atoms. The largest absolute Gasteiger partial charge is 0.369 e. The molecule has 2 aliphatic rings. The molecule has 3 heteroatoms. The van der Waals surface area contributed by atoms with Crippen LogP contribution >= 0.6 is 11.3 Å². The first-order chi connectivity index (χ1) is 10.3. The lowest BCUT2D eigenvalue weighted by Gasteiger charge is -2.39. The van der Waals surface area contributed by atoms with Crippen LogP contribution in [-0.4, -0.2) is 25.7 Å². The fourth-order valence-electron chi connectivity index (χ4n) is 4.02. The Bertz CT molecular complexity index is 397. The topological polar surface area (TPSA) is 15.3 Å². The molecule has 0 bridgehead atoms. The van der Waals surface area contributed by atoms with Crippen molar-refractivity contribution in [3.63, 3.8) is 0 Å². The van der Waals surface area contributed by atoms with Gasteiger partial charge in [0.1, 0.15) is 0 Å². The van der Waals surface area contributed by atoms with Crippen molar-refractivity contribution >= 4 is 17.0 Å². The summed E-state index contributed by atoms with van der Waals surface area (Å²) in [6.45, 7) is 6.04. The van der Waals surface area contributed by atoms with Crippen molar-refractivity contribution in [2.24, 2.45) is 11.8 Å². The number of nitrogens with one attached hydrogen (secondary N) is 1. The summed E-state index contributed by atoms with van der Waals surface area (Å²) in [4.78, 5) is 2.60. The fourth-order valence-corrected chi connectivity index (χ4v) is 4.68. The molecule has 1 saturated heterocycles. The van der Waals surface area contributed by atoms with Crippen molar-refractivity contribution in [2.75, 3.05) is 24.5 Å². The normalized spacial score (nSPS) is 28.0. The number of rotatable bonds is 5. The molecule has 0 amide bonds. The molecule has 21 heavy (non-hydrogen) atoms. The van der Waals surface area contributed by atoms with Crippen LogP contribution in [0.1, 0.15) is 51.9 Å². The zero-order chi connectivity index (χ0) is 14.5. The van der Waals surface area contributed by atoms with Crippen molar-refractivity contribution in [1.82, 2.24) is 5.32 Å². The molecule has 1 saturated carbocycles. The lowest BCUT2D eigenvalue weighted by molar-refractivity contribution is 0.285. The lowest BCUT2D eigenvalue weighted by atomic mass is 9.88. The van der Waals surface area contributed by atoms with Crippen LogP contribution in [0.2, 0.25) is 0 Å². The molecule has 3 rings (SSSR count). The van der Waals surface area contributed by atoms with Gasteiger partial charge < -0.3 is 10.2 Å². The molecule has 0 radical (unpaired) electrons. The Labute approximate surface area is 133 Å². The van der Waals surface area contributed by atoms with Crippen LogP contribution in [0.3, 0.4) is 0 Å². The van der Waals surface area contributed by atoms with Gasteiger partial charge in [0.05, 0.1) is 0 Å². The van der Waals surface area contributed by atoms with Gasteiger partial charge in [0.15, 0.2) is 0 Å². The summed E-state index contributed by atoms with van der Waals surface area (Å²) in [6.07, 6.45) is 9.94. The lowest BCUT2D eigenvalue weighted by Crippen LogP contribution is -2.50. The number of thiophene rings is 1. The van der Waals surface area contributed by atoms with Crippen LogP contribution in [-0.2, 0) is 0 Å². The van der Waals surface area contributed by atoms with Crippen molar-refractivity contribution < 1.29 is 0 Å². The van der Waals surface area contributed by atoms with Crippen molar-refractivity contribution in [2.45, 2.75) is 57.9 Å². The van der Waals surface area contributed by atoms with Crippen molar-refractivity contribution in [3.8, 4) is 0 Å². The van der Waals surface area contributed by atoms with E-state index in [1.807, 2.05) is 11.3 Å². The Morgan fingerprint density at radius 2 is 2.05 bits per heavy atom. The number of hydrogen-bond donors (Lipinski definition) is 1. The second kappa shape index (κ2) is 7.64. The van der Waals surface area contributed by atoms with E-state index in [2.05, 4.69) is 34.0 Å². The van der Waals surface area contributed by atoms with Gasteiger partial charge in [-0.3, -0.25) is 0 Å². The summed E-state index contributed by atoms with van der Waals surface area (Å²) in [7, 11) is 0. The van der Waals surface area contributed by atoms with Crippen LogP contribution in [0.15, 0.2) is 16.8 Å². The highest BCUT2D eigenvalue weighted by molar-refractivity contribution is 7.08. The highest BCUT2D eigenvalue weighted by Crippen LogP contribution is 2.28. The third-order valence-electron chi connectivity index (χ3n) is 5.41. The van der Waals surface area contributed by atoms with Crippen LogP contribution in [0.4, 0.5) is 5.69 Å². The Morgan fingerprint density at radius 3 is 2.76 bits per heavy atom. The van der Waals surface area contributed by atoms with E-state index in [4.69, 9.17) is 0 Å². The molecule has 118 valence electrons. The maximum absolute atomic E-state index is 3.91. The highest BCUT2D eigenvalue weighted by Gasteiger charge is 2.27. The summed E-state index contributed by atoms with van der Waals surface area (Å²) in [6, 6.07) is 2.96. The molecule has 2 nitrogen and oxygen atoms in total. The van der Waals surface area contributed by atoms with E-state index in [0.717, 1.165) is 11.8 Å². The van der Waals surface area contributed by atoms with E-state index < -0.39 is 0 Å². The number of piperidine rings is 1. The quantitative estimate of drug-likeness (QED) is 0.860. The molecule has 2 heterocycles. The first-order valence-electron chi connectivity index (χ1n) is 8.85. The first-order valence-corrected chi connectivity index (χ1v) is 9.80. The number of hydrogen-bond acceptors (Lipinski definition) is 3. The summed E-state index contributed by atoms with van der Waals surface area (Å²) in [5, 5.41) is 8.41. The Kier molecular flexibility index (Phi) is 5.59. The monoisotopic (exact) mass is 306 g/mol. The van der Waals surface area contributed by atoms with E-state index in [1.165, 1.54) is 70.3 Å². The molecule has 1 N–H and O–H groups in total. The van der Waals surface area contributed by atoms with Gasteiger partial charge in [0.2, 0.25) is 0 Å². The van der Waals surface area contributed by atoms with E-state index in [-0.39, 0.29) is 0 Å². The average molecular weight is 307 g/mol. The van der Waals surface area contributed by atoms with E-state index >= 15 is 0 Å². The van der Waals surface area contributed by atoms with Gasteiger partial charge in [-0.2, -0.15) is 11.3 Å². The van der Waals surface area contributed by atoms with Gasteiger partial charge >= 0.3 is 0 Å². The van der Waals surface area contributed by atoms with E-state index in [0.29, 0.717) is 6.04 Å². The zero-order valence-corrected chi connectivity index (χ0v) is 14.2. The van der Waals surface area contributed by atoms with E-state index in [9.17, 15) is 0 Å². The standard InChI is InChI=1S/C18H30N2S/c1-2-15-10-17(19-11-16-6-4-3-5-7-16)13-20(12-15)18-8-9-21-14-18/h8-9,14-17,19H,2-7,10-13H2,1H3. The van der Waals surface area contributed by atoms with Gasteiger partial charge in [-0.1, -0.05) is 32.6 Å². The predicted molar refractivity (Wildman–Crippen MR) is 93.3 cm³/mol. The molecule has 1 aliphatic carbocycles. The van der Waals surface area contributed by atoms with Crippen LogP contribution in [0.5, 0.6) is 0 Å². The predicted octanol–water partition coefficient (Wildman–Crippen LogP) is 4.52. The van der Waals surface area contributed by atoms with Crippen LogP contribution < -0.4 is 10.2 Å². The van der Waals surface area contributed by atoms with Crippen molar-refractivity contribution in [3.05, 3.63) is 16.8 Å². The van der Waals surface area contributed by atoms with Gasteiger partial charge in [-0.05, 0) is 49.1 Å². The minimum Gasteiger partial charge on any atom is -0.369 e. The molecule has 2 unspecified atom stereocenters. The molecular weight excluding hydrogens is 276 g/mol. The highest BCUT2D eigenvalue weighted by atomic mass is 32.1. The van der Waals surface area contributed by atoms with Gasteiger partial charge in [0.25, 0.3) is 0 Å². The van der Waals surface area contributed by atoms with Crippen LogP contribution in [0, 0.1) is 11.8 Å². The third-order valence-corrected chi connectivity index (χ3v) is 6.08. The summed E-state index contributed by atoms with van der Waals surface area (Å²) in [5.74, 6) is 1.79. The van der Waals surface area contributed by atoms with E-state index in [1.54, 1.807) is 0 Å². The molecule has 1 aromatic rings. The Morgan fingerprint density at radius 1 is 1.19 bits per heavy atom. The SMILES string of the molecule is CCC1CC(NCC2CCCCC2)CN(c2ccsc2)C1. The van der Waals surface area contributed by atoms with Gasteiger partial charge in [0, 0.05) is 30.2 Å². The average Bonchev–Trinajstić information content (AvgIpc) is 3.08. The van der Waals surface area contributed by atoms with Crippen molar-refractivity contribution in [1.29, 1.82) is 0 Å². The molecule has 2 atom stereocenters. The molecule has 1 aromatic heterocycles. The second-order valence-electron chi connectivity index (χ2n) is 7.01. The third kappa shape index (κ3) is 4.23. The van der Waals surface area contributed by atoms with Crippen LogP contribution in [0.25, 0.3) is 0 Å². The van der Waals surface area contributed by atoms with Gasteiger partial charge in [-0.15, -0.1) is 0 Å². The fraction of sp³-hybridized carbons (Fsp3) is 0.778. The molecule has 1 aliphatic heterocycles. The second-order valence-corrected chi connectivity index (χ2v) is 7.79. The molecule has 0 aromatic carbocycles. The minimum absolute atomic E-state index is 0.686. The summed E-state index contributed by atoms with van der Waals surface area (Å²) < 4.78 is 0. The Hall–Kier alpha value is -0.540. The first kappa shape index (κ1) is 15.4.